The second-order valence-electron chi connectivity index (χ2n) is 5.47. The topological polar surface area (TPSA) is 76.4 Å². The Balaban J connectivity index is 1.67. The van der Waals surface area contributed by atoms with E-state index in [0.717, 1.165) is 37.6 Å². The Hall–Kier alpha value is -1.59. The zero-order chi connectivity index (χ0) is 13.3. The molecular weight excluding hydrogens is 242 g/mol. The lowest BCUT2D eigenvalue weighted by Gasteiger charge is -2.40. The first-order valence-electron chi connectivity index (χ1n) is 6.65. The molecule has 0 unspecified atom stereocenters. The summed E-state index contributed by atoms with van der Waals surface area (Å²) in [6.07, 6.45) is 1.37. The maximum absolute atomic E-state index is 11.3. The molecule has 1 fully saturated rings. The summed E-state index contributed by atoms with van der Waals surface area (Å²) in [7, 11) is 0. The Labute approximate surface area is 112 Å². The van der Waals surface area contributed by atoms with E-state index in [-0.39, 0.29) is 11.3 Å². The summed E-state index contributed by atoms with van der Waals surface area (Å²) >= 11 is 0. The molecule has 1 aromatic rings. The van der Waals surface area contributed by atoms with Gasteiger partial charge in [-0.3, -0.25) is 4.79 Å². The van der Waals surface area contributed by atoms with Crippen LogP contribution in [0.15, 0.2) is 18.2 Å². The van der Waals surface area contributed by atoms with Gasteiger partial charge in [-0.2, -0.15) is 0 Å². The highest BCUT2D eigenvalue weighted by Gasteiger charge is 2.36. The molecule has 0 aromatic heterocycles. The summed E-state index contributed by atoms with van der Waals surface area (Å²) in [6, 6.07) is 6.06. The third-order valence-corrected chi connectivity index (χ3v) is 3.92. The number of fused-ring (bicyclic) bond motifs is 1. The molecule has 2 aliphatic rings. The third kappa shape index (κ3) is 2.43. The number of carbonyl (C=O) groups excluding carboxylic acids is 1. The van der Waals surface area contributed by atoms with Gasteiger partial charge in [-0.1, -0.05) is 0 Å². The Morgan fingerprint density at radius 1 is 1.37 bits per heavy atom. The van der Waals surface area contributed by atoms with Crippen LogP contribution in [0.1, 0.15) is 12.0 Å². The number of hydrogen-bond donors (Lipinski definition) is 3. The van der Waals surface area contributed by atoms with Crippen molar-refractivity contribution in [2.24, 2.45) is 11.1 Å². The normalized spacial score (nSPS) is 20.2. The monoisotopic (exact) mass is 261 g/mol. The number of benzene rings is 1. The highest BCUT2D eigenvalue weighted by molar-refractivity contribution is 5.94. The standard InChI is InChI=1S/C14H19N3O2/c15-6-14(8-19-9-14)7-16-11-2-3-12-10(5-11)1-4-13(18)17-12/h2-3,5,16H,1,4,6-9,15H2,(H,17,18). The van der Waals surface area contributed by atoms with Gasteiger partial charge >= 0.3 is 0 Å². The van der Waals surface area contributed by atoms with Crippen molar-refractivity contribution in [3.63, 3.8) is 0 Å². The maximum Gasteiger partial charge on any atom is 0.224 e. The average molecular weight is 261 g/mol. The second-order valence-corrected chi connectivity index (χ2v) is 5.47. The summed E-state index contributed by atoms with van der Waals surface area (Å²) < 4.78 is 5.25. The van der Waals surface area contributed by atoms with E-state index >= 15 is 0 Å². The SMILES string of the molecule is NCC1(CNc2ccc3c(c2)CCC(=O)N3)COC1. The van der Waals surface area contributed by atoms with E-state index in [1.54, 1.807) is 0 Å². The van der Waals surface area contributed by atoms with Crippen LogP contribution in [0.4, 0.5) is 11.4 Å². The van der Waals surface area contributed by atoms with Gasteiger partial charge in [-0.15, -0.1) is 0 Å². The first kappa shape index (κ1) is 12.4. The van der Waals surface area contributed by atoms with Gasteiger partial charge in [0.15, 0.2) is 0 Å². The van der Waals surface area contributed by atoms with Crippen LogP contribution in [0.3, 0.4) is 0 Å². The summed E-state index contributed by atoms with van der Waals surface area (Å²) in [5.41, 5.74) is 9.08. The smallest absolute Gasteiger partial charge is 0.224 e. The largest absolute Gasteiger partial charge is 0.384 e. The number of carbonyl (C=O) groups is 1. The van der Waals surface area contributed by atoms with Gasteiger partial charge in [0.25, 0.3) is 0 Å². The zero-order valence-electron chi connectivity index (χ0n) is 10.9. The fourth-order valence-electron chi connectivity index (χ4n) is 2.47. The highest BCUT2D eigenvalue weighted by Crippen LogP contribution is 2.29. The lowest BCUT2D eigenvalue weighted by molar-refractivity contribution is -0.116. The first-order chi connectivity index (χ1) is 9.21. The van der Waals surface area contributed by atoms with Gasteiger partial charge in [0.05, 0.1) is 13.2 Å². The van der Waals surface area contributed by atoms with Gasteiger partial charge in [0, 0.05) is 36.3 Å². The van der Waals surface area contributed by atoms with E-state index in [1.807, 2.05) is 12.1 Å². The van der Waals surface area contributed by atoms with Crippen molar-refractivity contribution in [2.45, 2.75) is 12.8 Å². The lowest BCUT2D eigenvalue weighted by atomic mass is 9.86. The predicted molar refractivity (Wildman–Crippen MR) is 74.2 cm³/mol. The molecule has 0 spiro atoms. The van der Waals surface area contributed by atoms with Crippen molar-refractivity contribution in [3.05, 3.63) is 23.8 Å². The molecule has 2 heterocycles. The second kappa shape index (κ2) is 4.83. The van der Waals surface area contributed by atoms with Crippen molar-refractivity contribution in [3.8, 4) is 0 Å². The molecule has 4 N–H and O–H groups in total. The van der Waals surface area contributed by atoms with Crippen LogP contribution in [0.2, 0.25) is 0 Å². The van der Waals surface area contributed by atoms with Gasteiger partial charge in [-0.05, 0) is 30.2 Å². The number of anilines is 2. The number of ether oxygens (including phenoxy) is 1. The van der Waals surface area contributed by atoms with E-state index in [0.29, 0.717) is 13.0 Å². The predicted octanol–water partition coefficient (Wildman–Crippen LogP) is 0.958. The molecule has 1 amide bonds. The van der Waals surface area contributed by atoms with E-state index < -0.39 is 0 Å². The minimum absolute atomic E-state index is 0.0874. The quantitative estimate of drug-likeness (QED) is 0.754. The van der Waals surface area contributed by atoms with Crippen LogP contribution in [0.25, 0.3) is 0 Å². The lowest BCUT2D eigenvalue weighted by Crippen LogP contribution is -2.52. The number of nitrogens with one attached hydrogen (secondary N) is 2. The molecule has 19 heavy (non-hydrogen) atoms. The summed E-state index contributed by atoms with van der Waals surface area (Å²) in [5.74, 6) is 0.0990. The van der Waals surface area contributed by atoms with Crippen molar-refractivity contribution in [1.29, 1.82) is 0 Å². The molecule has 5 nitrogen and oxygen atoms in total. The maximum atomic E-state index is 11.3. The third-order valence-electron chi connectivity index (χ3n) is 3.92. The molecule has 0 aliphatic carbocycles. The highest BCUT2D eigenvalue weighted by atomic mass is 16.5. The molecule has 5 heteroatoms. The first-order valence-corrected chi connectivity index (χ1v) is 6.65. The van der Waals surface area contributed by atoms with Gasteiger partial charge < -0.3 is 21.1 Å². The number of amides is 1. The van der Waals surface area contributed by atoms with E-state index in [1.165, 1.54) is 5.56 Å². The minimum Gasteiger partial charge on any atom is -0.384 e. The molecule has 0 bridgehead atoms. The van der Waals surface area contributed by atoms with E-state index in [4.69, 9.17) is 10.5 Å². The fraction of sp³-hybridized carbons (Fsp3) is 0.500. The molecule has 102 valence electrons. The van der Waals surface area contributed by atoms with E-state index in [9.17, 15) is 4.79 Å². The number of aryl methyl sites for hydroxylation is 1. The van der Waals surface area contributed by atoms with Crippen LogP contribution < -0.4 is 16.4 Å². The Morgan fingerprint density at radius 3 is 2.89 bits per heavy atom. The molecule has 0 radical (unpaired) electrons. The Morgan fingerprint density at radius 2 is 2.21 bits per heavy atom. The summed E-state index contributed by atoms with van der Waals surface area (Å²) in [6.45, 7) is 2.94. The molecule has 1 saturated heterocycles. The van der Waals surface area contributed by atoms with Crippen molar-refractivity contribution in [1.82, 2.24) is 0 Å². The van der Waals surface area contributed by atoms with Crippen LogP contribution in [0, 0.1) is 5.41 Å². The number of nitrogens with two attached hydrogens (primary N) is 1. The van der Waals surface area contributed by atoms with Crippen molar-refractivity contribution >= 4 is 17.3 Å². The molecule has 1 aromatic carbocycles. The molecule has 3 rings (SSSR count). The van der Waals surface area contributed by atoms with Crippen LogP contribution in [-0.2, 0) is 16.0 Å². The number of rotatable bonds is 4. The fourth-order valence-corrected chi connectivity index (χ4v) is 2.47. The van der Waals surface area contributed by atoms with Crippen LogP contribution in [0.5, 0.6) is 0 Å². The Kier molecular flexibility index (Phi) is 3.16. The summed E-state index contributed by atoms with van der Waals surface area (Å²) in [4.78, 5) is 11.3. The van der Waals surface area contributed by atoms with E-state index in [2.05, 4.69) is 16.7 Å². The van der Waals surface area contributed by atoms with Gasteiger partial charge in [0.1, 0.15) is 0 Å². The average Bonchev–Trinajstić information content (AvgIpc) is 2.38. The van der Waals surface area contributed by atoms with Gasteiger partial charge in [0.2, 0.25) is 5.91 Å². The van der Waals surface area contributed by atoms with Crippen LogP contribution in [-0.4, -0.2) is 32.2 Å². The number of hydrogen-bond acceptors (Lipinski definition) is 4. The molecule has 0 atom stereocenters. The molecular formula is C14H19N3O2. The van der Waals surface area contributed by atoms with Gasteiger partial charge in [-0.25, -0.2) is 0 Å². The molecule has 0 saturated carbocycles. The zero-order valence-corrected chi connectivity index (χ0v) is 10.9. The van der Waals surface area contributed by atoms with Crippen molar-refractivity contribution in [2.75, 3.05) is 36.9 Å². The van der Waals surface area contributed by atoms with Crippen LogP contribution >= 0.6 is 0 Å². The Bertz CT molecular complexity index is 492. The minimum atomic E-state index is 0.0874. The summed E-state index contributed by atoms with van der Waals surface area (Å²) in [5, 5.41) is 6.31. The molecule has 2 aliphatic heterocycles. The van der Waals surface area contributed by atoms with Crippen molar-refractivity contribution < 1.29 is 9.53 Å².